The van der Waals surface area contributed by atoms with Crippen molar-refractivity contribution in [2.45, 2.75) is 32.7 Å². The minimum Gasteiger partial charge on any atom is -0.494 e. The van der Waals surface area contributed by atoms with Crippen LogP contribution in [0.1, 0.15) is 35.7 Å². The Balaban J connectivity index is 1.44. The Morgan fingerprint density at radius 3 is 2.70 bits per heavy atom. The second kappa shape index (κ2) is 7.54. The van der Waals surface area contributed by atoms with E-state index in [-0.39, 0.29) is 0 Å². The molecule has 1 N–H and O–H groups in total. The number of nitrogens with zero attached hydrogens (tertiary/aromatic N) is 5. The second-order valence-electron chi connectivity index (χ2n) is 6.85. The Kier molecular flexibility index (Phi) is 4.96. The normalized spacial score (nSPS) is 15.5. The van der Waals surface area contributed by atoms with Crippen molar-refractivity contribution in [2.75, 3.05) is 13.2 Å². The number of fused-ring (bicyclic) bond motifs is 1. The highest BCUT2D eigenvalue weighted by atomic mass is 16.5. The van der Waals surface area contributed by atoms with E-state index in [1.165, 1.54) is 5.56 Å². The predicted octanol–water partition coefficient (Wildman–Crippen LogP) is 2.11. The van der Waals surface area contributed by atoms with Crippen LogP contribution in [-0.2, 0) is 26.7 Å². The van der Waals surface area contributed by atoms with E-state index in [0.29, 0.717) is 12.3 Å². The first-order valence-corrected chi connectivity index (χ1v) is 9.30. The lowest BCUT2D eigenvalue weighted by Crippen LogP contribution is -2.33. The monoisotopic (exact) mass is 367 g/mol. The molecule has 1 aliphatic rings. The predicted molar refractivity (Wildman–Crippen MR) is 101 cm³/mol. The number of hydrogen-bond donors (Lipinski definition) is 1. The molecule has 142 valence electrons. The molecule has 3 heterocycles. The largest absolute Gasteiger partial charge is 0.494 e. The lowest BCUT2D eigenvalue weighted by molar-refractivity contribution is 0.196. The Morgan fingerprint density at radius 1 is 1.19 bits per heavy atom. The quantitative estimate of drug-likeness (QED) is 0.723. The summed E-state index contributed by atoms with van der Waals surface area (Å²) in [6.45, 7) is 6.13. The van der Waals surface area contributed by atoms with Crippen LogP contribution in [0, 0.1) is 0 Å². The average Bonchev–Trinajstić information content (AvgIpc) is 3.29. The molecule has 7 heteroatoms. The van der Waals surface area contributed by atoms with Crippen LogP contribution in [0.3, 0.4) is 0 Å². The van der Waals surface area contributed by atoms with Crippen molar-refractivity contribution in [3.8, 4) is 5.75 Å². The topological polar surface area (TPSA) is 68.3 Å². The van der Waals surface area contributed by atoms with Gasteiger partial charge >= 0.3 is 0 Å². The van der Waals surface area contributed by atoms with Gasteiger partial charge in [-0.3, -0.25) is 14.3 Å². The van der Waals surface area contributed by atoms with E-state index < -0.39 is 6.10 Å². The van der Waals surface area contributed by atoms with Gasteiger partial charge in [0.1, 0.15) is 11.9 Å². The van der Waals surface area contributed by atoms with Crippen LogP contribution in [0.25, 0.3) is 0 Å². The van der Waals surface area contributed by atoms with Crippen molar-refractivity contribution in [3.63, 3.8) is 0 Å². The second-order valence-corrected chi connectivity index (χ2v) is 6.85. The first-order valence-electron chi connectivity index (χ1n) is 9.30. The highest BCUT2D eigenvalue weighted by Gasteiger charge is 2.23. The summed E-state index contributed by atoms with van der Waals surface area (Å²) in [5.74, 6) is 0.909. The Labute approximate surface area is 158 Å². The number of hydrogen-bond acceptors (Lipinski definition) is 5. The summed E-state index contributed by atoms with van der Waals surface area (Å²) in [5, 5.41) is 19.3. The van der Waals surface area contributed by atoms with Crippen LogP contribution in [-0.4, -0.2) is 42.7 Å². The number of aliphatic hydroxyl groups excluding tert-OH is 1. The maximum atomic E-state index is 10.6. The fourth-order valence-corrected chi connectivity index (χ4v) is 3.53. The molecule has 2 aromatic heterocycles. The number of aliphatic hydroxyl groups is 1. The molecule has 0 fully saturated rings. The fourth-order valence-electron chi connectivity index (χ4n) is 3.53. The van der Waals surface area contributed by atoms with Gasteiger partial charge in [-0.15, -0.1) is 0 Å². The van der Waals surface area contributed by atoms with Crippen molar-refractivity contribution in [1.82, 2.24) is 24.5 Å². The van der Waals surface area contributed by atoms with Crippen LogP contribution in [0.4, 0.5) is 0 Å². The first kappa shape index (κ1) is 17.8. The van der Waals surface area contributed by atoms with E-state index in [9.17, 15) is 5.11 Å². The molecule has 1 aliphatic heterocycles. The van der Waals surface area contributed by atoms with Gasteiger partial charge in [-0.25, -0.2) is 0 Å². The molecule has 27 heavy (non-hydrogen) atoms. The Hall–Kier alpha value is -2.64. The first-order chi connectivity index (χ1) is 13.1. The zero-order valence-corrected chi connectivity index (χ0v) is 15.7. The smallest absolute Gasteiger partial charge is 0.139 e. The molecule has 1 aromatic carbocycles. The van der Waals surface area contributed by atoms with Gasteiger partial charge in [0.25, 0.3) is 0 Å². The molecule has 0 spiro atoms. The molecule has 0 saturated carbocycles. The third-order valence-electron chi connectivity index (χ3n) is 4.96. The van der Waals surface area contributed by atoms with Crippen molar-refractivity contribution < 1.29 is 9.84 Å². The molecule has 0 radical (unpaired) electrons. The van der Waals surface area contributed by atoms with Crippen LogP contribution < -0.4 is 4.74 Å². The number of rotatable bonds is 6. The summed E-state index contributed by atoms with van der Waals surface area (Å²) in [6, 6.07) is 12.1. The summed E-state index contributed by atoms with van der Waals surface area (Å²) < 4.78 is 9.19. The van der Waals surface area contributed by atoms with Crippen LogP contribution in [0.15, 0.2) is 42.6 Å². The summed E-state index contributed by atoms with van der Waals surface area (Å²) in [4.78, 5) is 2.40. The zero-order chi connectivity index (χ0) is 18.8. The van der Waals surface area contributed by atoms with E-state index in [1.54, 1.807) is 10.9 Å². The number of aryl methyl sites for hydroxylation is 1. The van der Waals surface area contributed by atoms with E-state index in [0.717, 1.165) is 43.3 Å². The summed E-state index contributed by atoms with van der Waals surface area (Å²) in [6.07, 6.45) is 0.933. The van der Waals surface area contributed by atoms with Gasteiger partial charge in [-0.2, -0.15) is 10.2 Å². The highest BCUT2D eigenvalue weighted by molar-refractivity contribution is 5.27. The number of benzene rings is 1. The summed E-state index contributed by atoms with van der Waals surface area (Å²) in [7, 11) is 1.83. The van der Waals surface area contributed by atoms with Gasteiger partial charge in [0.2, 0.25) is 0 Å². The molecular weight excluding hydrogens is 342 g/mol. The average molecular weight is 367 g/mol. The Morgan fingerprint density at radius 2 is 2.00 bits per heavy atom. The minimum atomic E-state index is -0.754. The van der Waals surface area contributed by atoms with Crippen molar-refractivity contribution in [1.29, 1.82) is 0 Å². The van der Waals surface area contributed by atoms with Crippen LogP contribution >= 0.6 is 0 Å². The summed E-state index contributed by atoms with van der Waals surface area (Å²) in [5.41, 5.74) is 3.82. The third-order valence-corrected chi connectivity index (χ3v) is 4.96. The van der Waals surface area contributed by atoms with Gasteiger partial charge in [0.15, 0.2) is 0 Å². The van der Waals surface area contributed by atoms with Crippen LogP contribution in [0.2, 0.25) is 0 Å². The maximum Gasteiger partial charge on any atom is 0.139 e. The standard InChI is InChI=1S/C20H25N5O2/c1-3-27-17-6-4-15(5-7-17)13-24-10-11-25-16(14-24)12-18(22-25)20(26)19-8-9-21-23(19)2/h4-9,12,20,26H,3,10-11,13-14H2,1-2H3/t20-/m1/s1. The lowest BCUT2D eigenvalue weighted by atomic mass is 10.1. The van der Waals surface area contributed by atoms with Gasteiger partial charge in [0.05, 0.1) is 30.2 Å². The Bertz CT molecular complexity index is 899. The maximum absolute atomic E-state index is 10.6. The van der Waals surface area contributed by atoms with Gasteiger partial charge < -0.3 is 9.84 Å². The molecule has 0 saturated heterocycles. The molecule has 0 bridgehead atoms. The summed E-state index contributed by atoms with van der Waals surface area (Å²) >= 11 is 0. The van der Waals surface area contributed by atoms with E-state index in [1.807, 2.05) is 42.9 Å². The van der Waals surface area contributed by atoms with Gasteiger partial charge in [-0.1, -0.05) is 12.1 Å². The van der Waals surface area contributed by atoms with E-state index >= 15 is 0 Å². The SMILES string of the molecule is CCOc1ccc(CN2CCn3nc([C@@H](O)c4ccnn4C)cc3C2)cc1. The number of ether oxygens (including phenoxy) is 1. The molecule has 0 aliphatic carbocycles. The fraction of sp³-hybridized carbons (Fsp3) is 0.400. The van der Waals surface area contributed by atoms with Crippen molar-refractivity contribution >= 4 is 0 Å². The molecule has 4 rings (SSSR count). The molecule has 1 atom stereocenters. The number of aromatic nitrogens is 4. The molecule has 0 unspecified atom stereocenters. The van der Waals surface area contributed by atoms with Gasteiger partial charge in [-0.05, 0) is 36.8 Å². The van der Waals surface area contributed by atoms with E-state index in [4.69, 9.17) is 4.74 Å². The molecule has 3 aromatic rings. The lowest BCUT2D eigenvalue weighted by Gasteiger charge is -2.27. The van der Waals surface area contributed by atoms with Crippen molar-refractivity contribution in [3.05, 3.63) is 65.2 Å². The van der Waals surface area contributed by atoms with E-state index in [2.05, 4.69) is 27.2 Å². The van der Waals surface area contributed by atoms with Crippen molar-refractivity contribution in [2.24, 2.45) is 7.05 Å². The third kappa shape index (κ3) is 3.74. The van der Waals surface area contributed by atoms with Gasteiger partial charge in [0, 0.05) is 32.9 Å². The highest BCUT2D eigenvalue weighted by Crippen LogP contribution is 2.24. The molecule has 7 nitrogen and oxygen atoms in total. The molecular formula is C20H25N5O2. The minimum absolute atomic E-state index is 0.677. The molecule has 0 amide bonds. The van der Waals surface area contributed by atoms with Crippen LogP contribution in [0.5, 0.6) is 5.75 Å². The zero-order valence-electron chi connectivity index (χ0n) is 15.7.